The first-order valence-electron chi connectivity index (χ1n) is 9.50. The zero-order valence-corrected chi connectivity index (χ0v) is 18.2. The minimum Gasteiger partial charge on any atom is -0.384 e. The van der Waals surface area contributed by atoms with Gasteiger partial charge < -0.3 is 5.73 Å². The lowest BCUT2D eigenvalue weighted by Gasteiger charge is -2.44. The number of nitriles is 1. The van der Waals surface area contributed by atoms with E-state index in [1.165, 1.54) is 0 Å². The zero-order chi connectivity index (χ0) is 20.9. The molecule has 2 aromatic rings. The molecule has 2 aliphatic rings. The summed E-state index contributed by atoms with van der Waals surface area (Å²) in [5.74, 6) is 0.0504. The molecule has 0 saturated carbocycles. The summed E-state index contributed by atoms with van der Waals surface area (Å²) in [5.41, 5.74) is 10.1. The number of hydrogen-bond donors (Lipinski definition) is 1. The van der Waals surface area contributed by atoms with Crippen molar-refractivity contribution >= 4 is 34.4 Å². The Morgan fingerprint density at radius 3 is 2.69 bits per heavy atom. The van der Waals surface area contributed by atoms with Crippen LogP contribution in [0.4, 0.5) is 5.69 Å². The molecule has 4 nitrogen and oxygen atoms in total. The molecule has 1 aromatic heterocycles. The molecule has 0 amide bonds. The standard InChI is InChI=1S/C23H22ClN3OS/c1-13-15(24)6-4-7-16(13)27-17-10-23(2,3)11-18(28)21(17)20(14(12-25)22(27)26)19-8-5-9-29-19/h4-9,20H,10-11,26H2,1-3H3. The first-order chi connectivity index (χ1) is 13.7. The molecule has 1 unspecified atom stereocenters. The summed E-state index contributed by atoms with van der Waals surface area (Å²) in [6, 6.07) is 11.8. The quantitative estimate of drug-likeness (QED) is 0.677. The smallest absolute Gasteiger partial charge is 0.162 e. The number of anilines is 1. The van der Waals surface area contributed by atoms with Gasteiger partial charge in [0.15, 0.2) is 5.78 Å². The number of allylic oxidation sites excluding steroid dienone is 3. The van der Waals surface area contributed by atoms with Crippen molar-refractivity contribution in [1.29, 1.82) is 5.26 Å². The summed E-state index contributed by atoms with van der Waals surface area (Å²) in [6.45, 7) is 6.12. The molecule has 6 heteroatoms. The summed E-state index contributed by atoms with van der Waals surface area (Å²) in [6.07, 6.45) is 1.15. The molecule has 0 bridgehead atoms. The summed E-state index contributed by atoms with van der Waals surface area (Å²) < 4.78 is 0. The molecule has 0 spiro atoms. The van der Waals surface area contributed by atoms with Crippen LogP contribution in [0.15, 0.2) is 58.4 Å². The van der Waals surface area contributed by atoms with E-state index in [0.717, 1.165) is 21.8 Å². The van der Waals surface area contributed by atoms with Gasteiger partial charge in [-0.25, -0.2) is 0 Å². The van der Waals surface area contributed by atoms with Crippen molar-refractivity contribution in [2.75, 3.05) is 4.90 Å². The number of carbonyl (C=O) groups excluding carboxylic acids is 1. The Morgan fingerprint density at radius 1 is 1.28 bits per heavy atom. The van der Waals surface area contributed by atoms with Gasteiger partial charge in [-0.3, -0.25) is 9.69 Å². The summed E-state index contributed by atoms with van der Waals surface area (Å²) in [4.78, 5) is 16.2. The Labute approximate surface area is 179 Å². The predicted molar refractivity (Wildman–Crippen MR) is 118 cm³/mol. The number of rotatable bonds is 2. The Hall–Kier alpha value is -2.55. The van der Waals surface area contributed by atoms with E-state index in [1.54, 1.807) is 11.3 Å². The number of thiophene rings is 1. The van der Waals surface area contributed by atoms with Crippen molar-refractivity contribution in [3.63, 3.8) is 0 Å². The number of Topliss-reactive ketones (excluding diaryl/α,β-unsaturated/α-hetero) is 1. The topological polar surface area (TPSA) is 70.1 Å². The highest BCUT2D eigenvalue weighted by molar-refractivity contribution is 7.10. The van der Waals surface area contributed by atoms with Crippen molar-refractivity contribution in [2.24, 2.45) is 11.1 Å². The lowest BCUT2D eigenvalue weighted by molar-refractivity contribution is -0.118. The van der Waals surface area contributed by atoms with Gasteiger partial charge in [0.1, 0.15) is 5.82 Å². The average molecular weight is 424 g/mol. The van der Waals surface area contributed by atoms with Crippen LogP contribution < -0.4 is 10.6 Å². The minimum absolute atomic E-state index is 0.0829. The molecular weight excluding hydrogens is 402 g/mol. The van der Waals surface area contributed by atoms with E-state index in [4.69, 9.17) is 17.3 Å². The van der Waals surface area contributed by atoms with Crippen molar-refractivity contribution in [2.45, 2.75) is 39.5 Å². The molecule has 148 valence electrons. The third kappa shape index (κ3) is 3.17. The fourth-order valence-corrected chi connectivity index (χ4v) is 5.38. The van der Waals surface area contributed by atoms with Crippen LogP contribution in [0, 0.1) is 23.7 Å². The van der Waals surface area contributed by atoms with Gasteiger partial charge in [-0.2, -0.15) is 5.26 Å². The molecule has 2 N–H and O–H groups in total. The first-order valence-corrected chi connectivity index (χ1v) is 10.8. The summed E-state index contributed by atoms with van der Waals surface area (Å²) in [5, 5.41) is 12.6. The van der Waals surface area contributed by atoms with E-state index in [2.05, 4.69) is 19.9 Å². The fourth-order valence-electron chi connectivity index (χ4n) is 4.36. The molecule has 4 rings (SSSR count). The number of hydrogen-bond acceptors (Lipinski definition) is 5. The van der Waals surface area contributed by atoms with E-state index in [9.17, 15) is 10.1 Å². The van der Waals surface area contributed by atoms with Crippen molar-refractivity contribution in [3.8, 4) is 6.07 Å². The van der Waals surface area contributed by atoms with E-state index in [0.29, 0.717) is 34.8 Å². The van der Waals surface area contributed by atoms with E-state index in [1.807, 2.05) is 47.5 Å². The number of carbonyl (C=O) groups is 1. The number of halogens is 1. The molecular formula is C23H22ClN3OS. The maximum Gasteiger partial charge on any atom is 0.162 e. The van der Waals surface area contributed by atoms with Crippen LogP contribution in [0.25, 0.3) is 0 Å². The third-order valence-electron chi connectivity index (χ3n) is 5.69. The monoisotopic (exact) mass is 423 g/mol. The number of ketones is 1. The zero-order valence-electron chi connectivity index (χ0n) is 16.6. The van der Waals surface area contributed by atoms with Crippen LogP contribution in [-0.2, 0) is 4.79 Å². The van der Waals surface area contributed by atoms with Gasteiger partial charge in [-0.15, -0.1) is 11.3 Å². The predicted octanol–water partition coefficient (Wildman–Crippen LogP) is 5.65. The molecule has 1 aromatic carbocycles. The van der Waals surface area contributed by atoms with E-state index >= 15 is 0 Å². The van der Waals surface area contributed by atoms with Crippen LogP contribution in [0.1, 0.15) is 43.0 Å². The number of benzene rings is 1. The van der Waals surface area contributed by atoms with Crippen molar-refractivity contribution < 1.29 is 4.79 Å². The Morgan fingerprint density at radius 2 is 2.03 bits per heavy atom. The van der Waals surface area contributed by atoms with Gasteiger partial charge in [0.25, 0.3) is 0 Å². The normalized spacial score (nSPS) is 21.3. The van der Waals surface area contributed by atoms with Crippen LogP contribution in [0.3, 0.4) is 0 Å². The van der Waals surface area contributed by atoms with Crippen LogP contribution in [0.5, 0.6) is 0 Å². The molecule has 1 aliphatic carbocycles. The molecule has 29 heavy (non-hydrogen) atoms. The largest absolute Gasteiger partial charge is 0.384 e. The molecule has 0 radical (unpaired) electrons. The van der Waals surface area contributed by atoms with Gasteiger partial charge >= 0.3 is 0 Å². The van der Waals surface area contributed by atoms with Gasteiger partial charge in [-0.1, -0.05) is 37.6 Å². The second kappa shape index (κ2) is 7.05. The van der Waals surface area contributed by atoms with Crippen molar-refractivity contribution in [3.05, 3.63) is 73.8 Å². The van der Waals surface area contributed by atoms with Gasteiger partial charge in [0, 0.05) is 27.6 Å². The van der Waals surface area contributed by atoms with Crippen LogP contribution >= 0.6 is 22.9 Å². The van der Waals surface area contributed by atoms with Crippen LogP contribution in [-0.4, -0.2) is 5.78 Å². The lowest BCUT2D eigenvalue weighted by Crippen LogP contribution is -2.42. The molecule has 0 fully saturated rings. The Bertz CT molecular complexity index is 1110. The Kier molecular flexibility index (Phi) is 4.80. The number of nitrogens with two attached hydrogens (primary N) is 1. The molecule has 0 saturated heterocycles. The molecule has 1 aliphatic heterocycles. The minimum atomic E-state index is -0.408. The summed E-state index contributed by atoms with van der Waals surface area (Å²) >= 11 is 7.93. The maximum atomic E-state index is 13.4. The first kappa shape index (κ1) is 19.8. The van der Waals surface area contributed by atoms with Gasteiger partial charge in [-0.05, 0) is 47.9 Å². The highest BCUT2D eigenvalue weighted by Crippen LogP contribution is 2.51. The molecule has 1 atom stereocenters. The fraction of sp³-hybridized carbons (Fsp3) is 0.304. The van der Waals surface area contributed by atoms with E-state index in [-0.39, 0.29) is 11.2 Å². The van der Waals surface area contributed by atoms with Gasteiger partial charge in [0.05, 0.1) is 23.2 Å². The summed E-state index contributed by atoms with van der Waals surface area (Å²) in [7, 11) is 0. The van der Waals surface area contributed by atoms with E-state index < -0.39 is 5.92 Å². The number of nitrogens with zero attached hydrogens (tertiary/aromatic N) is 2. The maximum absolute atomic E-state index is 13.4. The van der Waals surface area contributed by atoms with Crippen molar-refractivity contribution in [1.82, 2.24) is 0 Å². The van der Waals surface area contributed by atoms with Crippen LogP contribution in [0.2, 0.25) is 5.02 Å². The highest BCUT2D eigenvalue weighted by atomic mass is 35.5. The second-order valence-electron chi connectivity index (χ2n) is 8.38. The Balaban J connectivity index is 2.03. The second-order valence-corrected chi connectivity index (χ2v) is 9.77. The third-order valence-corrected chi connectivity index (χ3v) is 7.04. The lowest BCUT2D eigenvalue weighted by atomic mass is 9.69. The highest BCUT2D eigenvalue weighted by Gasteiger charge is 2.45. The van der Waals surface area contributed by atoms with Gasteiger partial charge in [0.2, 0.25) is 0 Å². The SMILES string of the molecule is Cc1c(Cl)cccc1N1C(N)=C(C#N)C(c2cccs2)C2=C1CC(C)(C)CC2=O. The molecule has 2 heterocycles. The average Bonchev–Trinajstić information content (AvgIpc) is 3.17.